The summed E-state index contributed by atoms with van der Waals surface area (Å²) >= 11 is 1.26. The van der Waals surface area contributed by atoms with Gasteiger partial charge in [0.05, 0.1) is 16.6 Å². The van der Waals surface area contributed by atoms with E-state index < -0.39 is 0 Å². The van der Waals surface area contributed by atoms with E-state index in [-0.39, 0.29) is 30.0 Å². The Bertz CT molecular complexity index is 952. The van der Waals surface area contributed by atoms with E-state index in [1.54, 1.807) is 11.8 Å². The van der Waals surface area contributed by atoms with E-state index in [0.29, 0.717) is 20.7 Å². The minimum Gasteiger partial charge on any atom is -0.349 e. The van der Waals surface area contributed by atoms with Gasteiger partial charge >= 0.3 is 0 Å². The molecular weight excluding hydrogens is 376 g/mol. The second-order valence-electron chi connectivity index (χ2n) is 7.81. The van der Waals surface area contributed by atoms with E-state index in [4.69, 9.17) is 0 Å². The zero-order chi connectivity index (χ0) is 19.7. The van der Waals surface area contributed by atoms with Crippen LogP contribution in [0, 0.1) is 6.92 Å². The Morgan fingerprint density at radius 3 is 2.61 bits per heavy atom. The number of carbonyl (C=O) groups excluding carboxylic acids is 2. The molecule has 0 spiro atoms. The van der Waals surface area contributed by atoms with Crippen LogP contribution in [0.2, 0.25) is 0 Å². The third kappa shape index (κ3) is 3.70. The Kier molecular flexibility index (Phi) is 5.48. The molecule has 2 amide bonds. The molecule has 2 aromatic rings. The highest BCUT2D eigenvalue weighted by atomic mass is 32.1. The summed E-state index contributed by atoms with van der Waals surface area (Å²) in [4.78, 5) is 45.4. The molecule has 0 radical (unpaired) electrons. The molecule has 2 aliphatic rings. The highest BCUT2D eigenvalue weighted by molar-refractivity contribution is 7.20. The molecule has 2 fully saturated rings. The summed E-state index contributed by atoms with van der Waals surface area (Å²) in [6.07, 6.45) is 9.01. The Morgan fingerprint density at radius 1 is 1.18 bits per heavy atom. The lowest BCUT2D eigenvalue weighted by Gasteiger charge is -2.22. The van der Waals surface area contributed by atoms with Gasteiger partial charge in [0.2, 0.25) is 5.91 Å². The van der Waals surface area contributed by atoms with Gasteiger partial charge in [-0.3, -0.25) is 19.0 Å². The third-order valence-electron chi connectivity index (χ3n) is 5.83. The van der Waals surface area contributed by atoms with E-state index in [9.17, 15) is 14.4 Å². The maximum Gasteiger partial charge on any atom is 0.262 e. The van der Waals surface area contributed by atoms with Crippen LogP contribution >= 0.6 is 11.3 Å². The highest BCUT2D eigenvalue weighted by Gasteiger charge is 2.24. The van der Waals surface area contributed by atoms with Crippen molar-refractivity contribution in [2.45, 2.75) is 64.5 Å². The monoisotopic (exact) mass is 402 g/mol. The van der Waals surface area contributed by atoms with Crippen molar-refractivity contribution < 1.29 is 9.59 Å². The molecule has 0 aromatic carbocycles. The van der Waals surface area contributed by atoms with Gasteiger partial charge < -0.3 is 10.2 Å². The fourth-order valence-corrected chi connectivity index (χ4v) is 5.24. The fourth-order valence-electron chi connectivity index (χ4n) is 4.20. The summed E-state index contributed by atoms with van der Waals surface area (Å²) in [5.41, 5.74) is 0.414. The molecule has 0 bridgehead atoms. The number of likely N-dealkylation sites (tertiary alicyclic amines) is 1. The number of nitrogens with zero attached hydrogens (tertiary/aromatic N) is 3. The first-order valence-corrected chi connectivity index (χ1v) is 10.9. The number of nitrogens with one attached hydrogen (secondary N) is 1. The molecule has 4 rings (SSSR count). The van der Waals surface area contributed by atoms with Gasteiger partial charge in [-0.25, -0.2) is 4.98 Å². The van der Waals surface area contributed by atoms with Crippen molar-refractivity contribution in [3.05, 3.63) is 27.1 Å². The molecule has 7 nitrogen and oxygen atoms in total. The standard InChI is InChI=1S/C20H26N4O3S/c1-13-16-19(28-17(13)18(26)22-14-7-3-2-4-8-14)21-12-24(20(16)27)11-15(25)23-9-5-6-10-23/h12,14H,2-11H2,1H3,(H,22,26). The van der Waals surface area contributed by atoms with E-state index in [1.807, 2.05) is 0 Å². The van der Waals surface area contributed by atoms with Crippen LogP contribution in [0.3, 0.4) is 0 Å². The molecule has 3 heterocycles. The number of rotatable bonds is 4. The van der Waals surface area contributed by atoms with Gasteiger partial charge in [0, 0.05) is 19.1 Å². The molecule has 0 unspecified atom stereocenters. The summed E-state index contributed by atoms with van der Waals surface area (Å²) < 4.78 is 1.37. The van der Waals surface area contributed by atoms with Crippen LogP contribution in [0.1, 0.15) is 60.2 Å². The average molecular weight is 403 g/mol. The lowest BCUT2D eigenvalue weighted by Crippen LogP contribution is -2.36. The Labute approximate surface area is 167 Å². The molecule has 1 N–H and O–H groups in total. The minimum absolute atomic E-state index is 0.000659. The van der Waals surface area contributed by atoms with Gasteiger partial charge in [-0.2, -0.15) is 0 Å². The molecule has 2 aromatic heterocycles. The summed E-state index contributed by atoms with van der Waals surface area (Å²) in [5.74, 6) is -0.171. The molecule has 1 saturated heterocycles. The van der Waals surface area contributed by atoms with Gasteiger partial charge in [0.1, 0.15) is 11.4 Å². The fraction of sp³-hybridized carbons (Fsp3) is 0.600. The van der Waals surface area contributed by atoms with Crippen LogP contribution in [0.15, 0.2) is 11.1 Å². The predicted molar refractivity (Wildman–Crippen MR) is 109 cm³/mol. The number of amides is 2. The van der Waals surface area contributed by atoms with Gasteiger partial charge in [0.25, 0.3) is 11.5 Å². The van der Waals surface area contributed by atoms with Gasteiger partial charge in [-0.05, 0) is 38.2 Å². The molecule has 28 heavy (non-hydrogen) atoms. The van der Waals surface area contributed by atoms with Crippen molar-refractivity contribution in [2.24, 2.45) is 0 Å². The van der Waals surface area contributed by atoms with Crippen molar-refractivity contribution >= 4 is 33.4 Å². The maximum absolute atomic E-state index is 13.0. The van der Waals surface area contributed by atoms with Gasteiger partial charge in [-0.1, -0.05) is 19.3 Å². The van der Waals surface area contributed by atoms with Crippen molar-refractivity contribution in [1.29, 1.82) is 0 Å². The third-order valence-corrected chi connectivity index (χ3v) is 7.03. The second kappa shape index (κ2) is 8.03. The lowest BCUT2D eigenvalue weighted by molar-refractivity contribution is -0.130. The van der Waals surface area contributed by atoms with Crippen molar-refractivity contribution in [3.63, 3.8) is 0 Å². The second-order valence-corrected chi connectivity index (χ2v) is 8.81. The molecule has 1 aliphatic carbocycles. The highest BCUT2D eigenvalue weighted by Crippen LogP contribution is 2.27. The Morgan fingerprint density at radius 2 is 1.89 bits per heavy atom. The number of fused-ring (bicyclic) bond motifs is 1. The molecular formula is C20H26N4O3S. The zero-order valence-electron chi connectivity index (χ0n) is 16.2. The first kappa shape index (κ1) is 19.1. The predicted octanol–water partition coefficient (Wildman–Crippen LogP) is 2.45. The van der Waals surface area contributed by atoms with Crippen molar-refractivity contribution in [1.82, 2.24) is 19.8 Å². The van der Waals surface area contributed by atoms with Crippen LogP contribution in [-0.2, 0) is 11.3 Å². The Balaban J connectivity index is 1.58. The number of hydrogen-bond acceptors (Lipinski definition) is 5. The smallest absolute Gasteiger partial charge is 0.262 e. The first-order valence-electron chi connectivity index (χ1n) is 10.1. The Hall–Kier alpha value is -2.22. The van der Waals surface area contributed by atoms with Crippen LogP contribution < -0.4 is 10.9 Å². The average Bonchev–Trinajstić information content (AvgIpc) is 3.33. The van der Waals surface area contributed by atoms with E-state index in [1.165, 1.54) is 28.7 Å². The molecule has 0 atom stereocenters. The quantitative estimate of drug-likeness (QED) is 0.851. The van der Waals surface area contributed by atoms with Crippen molar-refractivity contribution in [3.8, 4) is 0 Å². The van der Waals surface area contributed by atoms with E-state index in [2.05, 4.69) is 10.3 Å². The summed E-state index contributed by atoms with van der Waals surface area (Å²) in [6.45, 7) is 3.31. The molecule has 1 saturated carbocycles. The maximum atomic E-state index is 13.0. The number of aromatic nitrogens is 2. The number of aryl methyl sites for hydroxylation is 1. The first-order chi connectivity index (χ1) is 13.5. The molecule has 150 valence electrons. The van der Waals surface area contributed by atoms with Crippen LogP contribution in [0.25, 0.3) is 10.2 Å². The number of hydrogen-bond donors (Lipinski definition) is 1. The van der Waals surface area contributed by atoms with E-state index >= 15 is 0 Å². The zero-order valence-corrected chi connectivity index (χ0v) is 17.0. The lowest BCUT2D eigenvalue weighted by atomic mass is 9.95. The van der Waals surface area contributed by atoms with Gasteiger partial charge in [-0.15, -0.1) is 11.3 Å². The van der Waals surface area contributed by atoms with Gasteiger partial charge in [0.15, 0.2) is 0 Å². The normalized spacial score (nSPS) is 18.0. The van der Waals surface area contributed by atoms with Crippen LogP contribution in [-0.4, -0.2) is 45.4 Å². The number of thiophene rings is 1. The molecule has 8 heteroatoms. The SMILES string of the molecule is Cc1c(C(=O)NC2CCCCC2)sc2ncn(CC(=O)N3CCCC3)c(=O)c12. The van der Waals surface area contributed by atoms with Crippen LogP contribution in [0.4, 0.5) is 0 Å². The topological polar surface area (TPSA) is 84.3 Å². The van der Waals surface area contributed by atoms with Crippen LogP contribution in [0.5, 0.6) is 0 Å². The van der Waals surface area contributed by atoms with E-state index in [0.717, 1.165) is 51.6 Å². The van der Waals surface area contributed by atoms with Crippen molar-refractivity contribution in [2.75, 3.05) is 13.1 Å². The number of carbonyl (C=O) groups is 2. The summed E-state index contributed by atoms with van der Waals surface area (Å²) in [6, 6.07) is 0.216. The molecule has 1 aliphatic heterocycles. The summed E-state index contributed by atoms with van der Waals surface area (Å²) in [7, 11) is 0. The largest absolute Gasteiger partial charge is 0.349 e. The summed E-state index contributed by atoms with van der Waals surface area (Å²) in [5, 5.41) is 3.57. The minimum atomic E-state index is -0.247.